The monoisotopic (exact) mass is 372 g/mol. The van der Waals surface area contributed by atoms with Crippen LogP contribution in [0.5, 0.6) is 0 Å². The number of benzene rings is 2. The Kier molecular flexibility index (Phi) is 4.30. The number of aromatic nitrogens is 3. The first kappa shape index (κ1) is 16.4. The number of anilines is 1. The molecular formula is C22H20N4S. The Morgan fingerprint density at radius 3 is 2.52 bits per heavy atom. The number of nitrogens with zero attached hydrogens (tertiary/aromatic N) is 3. The highest BCUT2D eigenvalue weighted by molar-refractivity contribution is 7.99. The first-order chi connectivity index (χ1) is 13.4. The number of hydrogen-bond donors (Lipinski definition) is 1. The molecule has 134 valence electrons. The van der Waals surface area contributed by atoms with Crippen LogP contribution in [0.3, 0.4) is 0 Å². The van der Waals surface area contributed by atoms with Gasteiger partial charge in [0, 0.05) is 63.1 Å². The Bertz CT molecular complexity index is 1040. The quantitative estimate of drug-likeness (QED) is 0.523. The molecule has 27 heavy (non-hydrogen) atoms. The zero-order valence-electron chi connectivity index (χ0n) is 14.9. The lowest BCUT2D eigenvalue weighted by Crippen LogP contribution is -2.18. The smallest absolute Gasteiger partial charge is 0.115 e. The van der Waals surface area contributed by atoms with Crippen LogP contribution in [0.2, 0.25) is 0 Å². The fraction of sp³-hybridized carbons (Fsp3) is 0.182. The molecule has 0 spiro atoms. The molecule has 0 amide bonds. The van der Waals surface area contributed by atoms with Crippen LogP contribution in [0, 0.1) is 0 Å². The van der Waals surface area contributed by atoms with Gasteiger partial charge in [-0.25, -0.2) is 9.97 Å². The standard InChI is InChI=1S/C22H20N4S/c1-2-6-20-16(5-1)11-21(25-20)19-12-17(27-18-13-23-15-24-14-18)7-8-22(19)26-9-3-4-10-26/h1-2,5-8,11-15,25H,3-4,9-10H2. The molecule has 1 saturated heterocycles. The van der Waals surface area contributed by atoms with E-state index in [0.29, 0.717) is 0 Å². The molecule has 0 unspecified atom stereocenters. The summed E-state index contributed by atoms with van der Waals surface area (Å²) in [6, 6.07) is 17.5. The minimum Gasteiger partial charge on any atom is -0.371 e. The summed E-state index contributed by atoms with van der Waals surface area (Å²) >= 11 is 1.70. The van der Waals surface area contributed by atoms with E-state index in [1.54, 1.807) is 18.1 Å². The van der Waals surface area contributed by atoms with Gasteiger partial charge in [0.15, 0.2) is 0 Å². The minimum absolute atomic E-state index is 1.05. The van der Waals surface area contributed by atoms with E-state index in [1.165, 1.54) is 45.6 Å². The molecule has 0 radical (unpaired) electrons. The van der Waals surface area contributed by atoms with Crippen molar-refractivity contribution in [3.63, 3.8) is 0 Å². The third-order valence-corrected chi connectivity index (χ3v) is 5.94. The average Bonchev–Trinajstić information content (AvgIpc) is 3.38. The molecule has 2 aromatic carbocycles. The van der Waals surface area contributed by atoms with E-state index >= 15 is 0 Å². The summed E-state index contributed by atoms with van der Waals surface area (Å²) in [5.74, 6) is 0. The van der Waals surface area contributed by atoms with Crippen LogP contribution in [0.1, 0.15) is 12.8 Å². The number of para-hydroxylation sites is 1. The van der Waals surface area contributed by atoms with Crippen molar-refractivity contribution in [2.45, 2.75) is 22.6 Å². The van der Waals surface area contributed by atoms with E-state index in [2.05, 4.69) is 68.4 Å². The highest BCUT2D eigenvalue weighted by Gasteiger charge is 2.18. The molecule has 4 aromatic rings. The van der Waals surface area contributed by atoms with Crippen LogP contribution in [0.25, 0.3) is 22.2 Å². The molecule has 0 saturated carbocycles. The van der Waals surface area contributed by atoms with Crippen molar-refractivity contribution in [3.05, 3.63) is 67.3 Å². The molecule has 1 aliphatic heterocycles. The molecule has 1 N–H and O–H groups in total. The molecule has 5 heteroatoms. The van der Waals surface area contributed by atoms with Gasteiger partial charge in [0.1, 0.15) is 6.33 Å². The molecule has 0 atom stereocenters. The lowest BCUT2D eigenvalue weighted by atomic mass is 10.1. The van der Waals surface area contributed by atoms with Gasteiger partial charge in [0.25, 0.3) is 0 Å². The fourth-order valence-electron chi connectivity index (χ4n) is 3.72. The highest BCUT2D eigenvalue weighted by Crippen LogP contribution is 2.38. The number of H-pyrrole nitrogens is 1. The van der Waals surface area contributed by atoms with Gasteiger partial charge in [-0.1, -0.05) is 30.0 Å². The number of fused-ring (bicyclic) bond motifs is 1. The molecule has 5 rings (SSSR count). The average molecular weight is 372 g/mol. The number of hydrogen-bond acceptors (Lipinski definition) is 4. The van der Waals surface area contributed by atoms with Crippen molar-refractivity contribution < 1.29 is 0 Å². The Balaban J connectivity index is 1.59. The van der Waals surface area contributed by atoms with Crippen molar-refractivity contribution in [2.75, 3.05) is 18.0 Å². The second-order valence-corrected chi connectivity index (χ2v) is 7.97. The molecule has 4 nitrogen and oxygen atoms in total. The molecule has 1 fully saturated rings. The van der Waals surface area contributed by atoms with Crippen LogP contribution < -0.4 is 4.90 Å². The maximum atomic E-state index is 4.12. The molecule has 1 aliphatic rings. The zero-order chi connectivity index (χ0) is 18.1. The SMILES string of the molecule is c1ccc2[nH]c(-c3cc(Sc4cncnc4)ccc3N3CCCC3)cc2c1. The van der Waals surface area contributed by atoms with Crippen LogP contribution in [-0.2, 0) is 0 Å². The summed E-state index contributed by atoms with van der Waals surface area (Å²) in [7, 11) is 0. The van der Waals surface area contributed by atoms with Gasteiger partial charge in [-0.15, -0.1) is 0 Å². The van der Waals surface area contributed by atoms with Crippen LogP contribution >= 0.6 is 11.8 Å². The lowest BCUT2D eigenvalue weighted by Gasteiger charge is -2.21. The summed E-state index contributed by atoms with van der Waals surface area (Å²) < 4.78 is 0. The van der Waals surface area contributed by atoms with Gasteiger partial charge in [-0.3, -0.25) is 0 Å². The van der Waals surface area contributed by atoms with Gasteiger partial charge in [0.05, 0.1) is 0 Å². The summed E-state index contributed by atoms with van der Waals surface area (Å²) in [5.41, 5.74) is 4.92. The van der Waals surface area contributed by atoms with Crippen molar-refractivity contribution in [1.29, 1.82) is 0 Å². The third-order valence-electron chi connectivity index (χ3n) is 5.01. The normalized spacial score (nSPS) is 14.1. The van der Waals surface area contributed by atoms with E-state index in [4.69, 9.17) is 0 Å². The Morgan fingerprint density at radius 1 is 0.889 bits per heavy atom. The molecule has 0 bridgehead atoms. The van der Waals surface area contributed by atoms with Crippen molar-refractivity contribution in [3.8, 4) is 11.3 Å². The maximum Gasteiger partial charge on any atom is 0.115 e. The predicted octanol–water partition coefficient (Wildman–Crippen LogP) is 5.38. The second-order valence-electron chi connectivity index (χ2n) is 6.82. The van der Waals surface area contributed by atoms with Gasteiger partial charge in [0.2, 0.25) is 0 Å². The highest BCUT2D eigenvalue weighted by atomic mass is 32.2. The van der Waals surface area contributed by atoms with Crippen molar-refractivity contribution in [1.82, 2.24) is 15.0 Å². The van der Waals surface area contributed by atoms with Crippen LogP contribution in [0.15, 0.2) is 77.0 Å². The summed E-state index contributed by atoms with van der Waals surface area (Å²) in [6.45, 7) is 2.26. The molecule has 2 aromatic heterocycles. The number of aromatic amines is 1. The Hall–Kier alpha value is -2.79. The van der Waals surface area contributed by atoms with Gasteiger partial charge >= 0.3 is 0 Å². The number of nitrogens with one attached hydrogen (secondary N) is 1. The predicted molar refractivity (Wildman–Crippen MR) is 111 cm³/mol. The van der Waals surface area contributed by atoms with Crippen LogP contribution in [-0.4, -0.2) is 28.0 Å². The fourth-order valence-corrected chi connectivity index (χ4v) is 4.53. The van der Waals surface area contributed by atoms with E-state index < -0.39 is 0 Å². The molecule has 3 heterocycles. The minimum atomic E-state index is 1.05. The van der Waals surface area contributed by atoms with E-state index in [-0.39, 0.29) is 0 Å². The van der Waals surface area contributed by atoms with E-state index in [9.17, 15) is 0 Å². The molecular weight excluding hydrogens is 352 g/mol. The summed E-state index contributed by atoms with van der Waals surface area (Å²) in [4.78, 5) is 16.6. The lowest BCUT2D eigenvalue weighted by molar-refractivity contribution is 0.949. The van der Waals surface area contributed by atoms with Crippen molar-refractivity contribution in [2.24, 2.45) is 0 Å². The Morgan fingerprint density at radius 2 is 1.70 bits per heavy atom. The van der Waals surface area contributed by atoms with Gasteiger partial charge in [-0.05, 0) is 43.2 Å². The van der Waals surface area contributed by atoms with E-state index in [1.807, 2.05) is 12.4 Å². The van der Waals surface area contributed by atoms with Crippen LogP contribution in [0.4, 0.5) is 5.69 Å². The molecule has 0 aliphatic carbocycles. The Labute approximate surface area is 162 Å². The van der Waals surface area contributed by atoms with Crippen molar-refractivity contribution >= 4 is 28.4 Å². The van der Waals surface area contributed by atoms with Gasteiger partial charge in [-0.2, -0.15) is 0 Å². The first-order valence-electron chi connectivity index (χ1n) is 9.27. The summed E-state index contributed by atoms with van der Waals surface area (Å²) in [6.07, 6.45) is 7.81. The first-order valence-corrected chi connectivity index (χ1v) is 10.1. The number of rotatable bonds is 4. The third kappa shape index (κ3) is 3.30. The topological polar surface area (TPSA) is 44.8 Å². The summed E-state index contributed by atoms with van der Waals surface area (Å²) in [5, 5.41) is 1.24. The maximum absolute atomic E-state index is 4.12. The van der Waals surface area contributed by atoms with Gasteiger partial charge < -0.3 is 9.88 Å². The zero-order valence-corrected chi connectivity index (χ0v) is 15.7. The second kappa shape index (κ2) is 7.08. The largest absolute Gasteiger partial charge is 0.371 e. The van der Waals surface area contributed by atoms with E-state index in [0.717, 1.165) is 18.0 Å².